The lowest BCUT2D eigenvalue weighted by atomic mass is 9.93. The minimum Gasteiger partial charge on any atom is -0.493 e. The van der Waals surface area contributed by atoms with Gasteiger partial charge in [0.05, 0.1) is 25.3 Å². The third-order valence-electron chi connectivity index (χ3n) is 9.42. The Morgan fingerprint density at radius 2 is 1.83 bits per heavy atom. The lowest BCUT2D eigenvalue weighted by Gasteiger charge is -2.31. The summed E-state index contributed by atoms with van der Waals surface area (Å²) in [6.45, 7) is 6.63. The Morgan fingerprint density at radius 3 is 2.68 bits per heavy atom. The molecule has 0 saturated carbocycles. The molecule has 1 aromatic heterocycles. The van der Waals surface area contributed by atoms with Gasteiger partial charge in [0.2, 0.25) is 5.91 Å². The fourth-order valence-corrected chi connectivity index (χ4v) is 6.70. The number of hydrogen-bond acceptors (Lipinski definition) is 5. The molecule has 1 unspecified atom stereocenters. The topological polar surface area (TPSA) is 105 Å². The van der Waals surface area contributed by atoms with Gasteiger partial charge in [-0.15, -0.1) is 0 Å². The fourth-order valence-electron chi connectivity index (χ4n) is 6.70. The first-order chi connectivity index (χ1) is 22.8. The minimum absolute atomic E-state index is 0.112. The molecule has 4 aromatic rings. The van der Waals surface area contributed by atoms with Gasteiger partial charge in [-0.25, -0.2) is 0 Å². The molecular formula is C38H42N4O5. The molecule has 0 spiro atoms. The van der Waals surface area contributed by atoms with Crippen molar-refractivity contribution in [2.75, 3.05) is 31.1 Å². The average molecular weight is 635 g/mol. The van der Waals surface area contributed by atoms with Crippen molar-refractivity contribution in [3.63, 3.8) is 0 Å². The molecule has 1 atom stereocenters. The number of likely N-dealkylation sites (tertiary alicyclic amines) is 1. The SMILES string of the molecule is Cc1cccc(OCCCC(=O)N2CCCc3c(-c4cnn(Cc5cccc(C(=O)N6CCCC(C(=O)O)C6)c5)c4)cccc32)c1C. The van der Waals surface area contributed by atoms with E-state index in [0.717, 1.165) is 52.1 Å². The number of carboxylic acids is 1. The van der Waals surface area contributed by atoms with Crippen molar-refractivity contribution in [2.24, 2.45) is 5.92 Å². The number of carbonyl (C=O) groups excluding carboxylic acids is 2. The normalized spacial score (nSPS) is 16.1. The van der Waals surface area contributed by atoms with Crippen LogP contribution < -0.4 is 9.64 Å². The van der Waals surface area contributed by atoms with Gasteiger partial charge < -0.3 is 19.6 Å². The third kappa shape index (κ3) is 7.24. The average Bonchev–Trinajstić information content (AvgIpc) is 3.55. The fraction of sp³-hybridized carbons (Fsp3) is 0.368. The van der Waals surface area contributed by atoms with Crippen LogP contribution in [0.2, 0.25) is 0 Å². The van der Waals surface area contributed by atoms with Gasteiger partial charge in [0.15, 0.2) is 0 Å². The second kappa shape index (κ2) is 14.2. The molecule has 2 amide bonds. The summed E-state index contributed by atoms with van der Waals surface area (Å²) in [5, 5.41) is 14.1. The van der Waals surface area contributed by atoms with Gasteiger partial charge in [-0.05, 0) is 98.0 Å². The number of aromatic nitrogens is 2. The Kier molecular flexibility index (Phi) is 9.71. The predicted molar refractivity (Wildman–Crippen MR) is 181 cm³/mol. The number of hydrogen-bond donors (Lipinski definition) is 1. The number of benzene rings is 3. The number of aliphatic carboxylic acids is 1. The second-order valence-corrected chi connectivity index (χ2v) is 12.7. The molecule has 244 valence electrons. The Labute approximate surface area is 275 Å². The Balaban J connectivity index is 1.10. The zero-order chi connectivity index (χ0) is 32.9. The summed E-state index contributed by atoms with van der Waals surface area (Å²) in [6, 6.07) is 19.7. The van der Waals surface area contributed by atoms with Crippen LogP contribution in [0.25, 0.3) is 11.1 Å². The number of amides is 2. The van der Waals surface area contributed by atoms with E-state index in [1.807, 2.05) is 64.4 Å². The van der Waals surface area contributed by atoms with E-state index >= 15 is 0 Å². The zero-order valence-corrected chi connectivity index (χ0v) is 27.2. The van der Waals surface area contributed by atoms with Gasteiger partial charge in [-0.2, -0.15) is 5.10 Å². The molecule has 6 rings (SSSR count). The van der Waals surface area contributed by atoms with E-state index in [1.54, 1.807) is 11.0 Å². The highest BCUT2D eigenvalue weighted by Crippen LogP contribution is 2.36. The van der Waals surface area contributed by atoms with Crippen molar-refractivity contribution < 1.29 is 24.2 Å². The molecule has 0 bridgehead atoms. The quantitative estimate of drug-likeness (QED) is 0.206. The molecule has 2 aliphatic rings. The first-order valence-corrected chi connectivity index (χ1v) is 16.5. The molecule has 0 aliphatic carbocycles. The Bertz CT molecular complexity index is 1780. The molecule has 9 nitrogen and oxygen atoms in total. The van der Waals surface area contributed by atoms with E-state index in [2.05, 4.69) is 31.1 Å². The van der Waals surface area contributed by atoms with Crippen LogP contribution in [0.15, 0.2) is 73.1 Å². The predicted octanol–water partition coefficient (Wildman–Crippen LogP) is 6.29. The van der Waals surface area contributed by atoms with Crippen molar-refractivity contribution in [3.05, 3.63) is 101 Å². The van der Waals surface area contributed by atoms with E-state index in [0.29, 0.717) is 57.5 Å². The molecule has 9 heteroatoms. The molecule has 1 N–H and O–H groups in total. The van der Waals surface area contributed by atoms with Crippen molar-refractivity contribution in [1.82, 2.24) is 14.7 Å². The van der Waals surface area contributed by atoms with E-state index < -0.39 is 11.9 Å². The van der Waals surface area contributed by atoms with Crippen LogP contribution in [-0.2, 0) is 22.6 Å². The minimum atomic E-state index is -0.848. The molecular weight excluding hydrogens is 592 g/mol. The maximum Gasteiger partial charge on any atom is 0.308 e. The van der Waals surface area contributed by atoms with Crippen LogP contribution in [0.5, 0.6) is 5.75 Å². The van der Waals surface area contributed by atoms with Crippen molar-refractivity contribution >= 4 is 23.5 Å². The van der Waals surface area contributed by atoms with Crippen molar-refractivity contribution in [3.8, 4) is 16.9 Å². The van der Waals surface area contributed by atoms with Gasteiger partial charge in [0, 0.05) is 49.1 Å². The molecule has 3 heterocycles. The number of carbonyl (C=O) groups is 3. The summed E-state index contributed by atoms with van der Waals surface area (Å²) >= 11 is 0. The van der Waals surface area contributed by atoms with Crippen molar-refractivity contribution in [1.29, 1.82) is 0 Å². The smallest absolute Gasteiger partial charge is 0.308 e. The zero-order valence-electron chi connectivity index (χ0n) is 27.2. The Morgan fingerprint density at radius 1 is 1.00 bits per heavy atom. The number of fused-ring (bicyclic) bond motifs is 1. The van der Waals surface area contributed by atoms with Gasteiger partial charge in [-0.1, -0.05) is 36.4 Å². The largest absolute Gasteiger partial charge is 0.493 e. The number of carboxylic acid groups (broad SMARTS) is 1. The van der Waals surface area contributed by atoms with Crippen LogP contribution in [-0.4, -0.2) is 63.8 Å². The second-order valence-electron chi connectivity index (χ2n) is 12.7. The van der Waals surface area contributed by atoms with Crippen LogP contribution in [0.1, 0.15) is 64.7 Å². The third-order valence-corrected chi connectivity index (χ3v) is 9.42. The van der Waals surface area contributed by atoms with Crippen LogP contribution >= 0.6 is 0 Å². The van der Waals surface area contributed by atoms with Crippen LogP contribution in [0.3, 0.4) is 0 Å². The lowest BCUT2D eigenvalue weighted by molar-refractivity contribution is -0.143. The number of aryl methyl sites for hydroxylation is 1. The number of ether oxygens (including phenoxy) is 1. The maximum atomic E-state index is 13.4. The summed E-state index contributed by atoms with van der Waals surface area (Å²) in [5.41, 5.74) is 8.00. The van der Waals surface area contributed by atoms with Crippen molar-refractivity contribution in [2.45, 2.75) is 58.9 Å². The molecule has 0 radical (unpaired) electrons. The summed E-state index contributed by atoms with van der Waals surface area (Å²) in [6.07, 6.45) is 8.02. The first kappa shape index (κ1) is 32.0. The number of nitrogens with zero attached hydrogens (tertiary/aromatic N) is 4. The highest BCUT2D eigenvalue weighted by molar-refractivity contribution is 5.96. The number of piperidine rings is 1. The van der Waals surface area contributed by atoms with Crippen LogP contribution in [0, 0.1) is 19.8 Å². The van der Waals surface area contributed by atoms with E-state index in [-0.39, 0.29) is 18.4 Å². The van der Waals surface area contributed by atoms with Gasteiger partial charge in [-0.3, -0.25) is 19.1 Å². The molecule has 2 aliphatic heterocycles. The lowest BCUT2D eigenvalue weighted by Crippen LogP contribution is -2.42. The van der Waals surface area contributed by atoms with Gasteiger partial charge in [0.25, 0.3) is 5.91 Å². The van der Waals surface area contributed by atoms with Gasteiger partial charge in [0.1, 0.15) is 5.75 Å². The first-order valence-electron chi connectivity index (χ1n) is 16.5. The molecule has 1 fully saturated rings. The Hall–Kier alpha value is -4.92. The molecule has 3 aromatic carbocycles. The van der Waals surface area contributed by atoms with E-state index in [4.69, 9.17) is 4.74 Å². The highest BCUT2D eigenvalue weighted by atomic mass is 16.5. The summed E-state index contributed by atoms with van der Waals surface area (Å²) in [7, 11) is 0. The summed E-state index contributed by atoms with van der Waals surface area (Å²) in [4.78, 5) is 41.6. The summed E-state index contributed by atoms with van der Waals surface area (Å²) < 4.78 is 7.85. The monoisotopic (exact) mass is 634 g/mol. The highest BCUT2D eigenvalue weighted by Gasteiger charge is 2.29. The number of anilines is 1. The molecule has 47 heavy (non-hydrogen) atoms. The van der Waals surface area contributed by atoms with Crippen LogP contribution in [0.4, 0.5) is 5.69 Å². The molecule has 1 saturated heterocycles. The van der Waals surface area contributed by atoms with E-state index in [9.17, 15) is 19.5 Å². The standard InChI is InChI=1S/C38H42N4O5/c1-26-9-3-16-35(27(26)2)47-20-8-17-36(43)42-19-7-14-33-32(13-5-15-34(33)42)31-22-39-41(25-31)23-28-10-4-11-29(21-28)37(44)40-18-6-12-30(24-40)38(45)46/h3-5,9-11,13,15-16,21-22,25,30H,6-8,12,14,17-20,23-24H2,1-2H3,(H,45,46). The van der Waals surface area contributed by atoms with E-state index in [1.165, 1.54) is 5.56 Å². The summed E-state index contributed by atoms with van der Waals surface area (Å²) in [5.74, 6) is -0.510. The van der Waals surface area contributed by atoms with Gasteiger partial charge >= 0.3 is 5.97 Å². The maximum absolute atomic E-state index is 13.4. The number of rotatable bonds is 10.